The lowest BCUT2D eigenvalue weighted by molar-refractivity contribution is -0.0716. The standard InChI is InChI=1S/C14H18N2O2/c1-11-4-5-13(17-3)12(6-11)16(2)8-14(7-15)9-18-10-14/h4-6H,8-10H2,1-3H3. The smallest absolute Gasteiger partial charge is 0.142 e. The maximum absolute atomic E-state index is 9.23. The molecule has 96 valence electrons. The van der Waals surface area contributed by atoms with Crippen LogP contribution in [-0.2, 0) is 4.74 Å². The van der Waals surface area contributed by atoms with Gasteiger partial charge in [0.1, 0.15) is 11.2 Å². The Balaban J connectivity index is 2.20. The number of hydrogen-bond donors (Lipinski definition) is 0. The molecule has 0 amide bonds. The Hall–Kier alpha value is -1.73. The first kappa shape index (κ1) is 12.7. The third-order valence-corrected chi connectivity index (χ3v) is 3.28. The molecule has 18 heavy (non-hydrogen) atoms. The highest BCUT2D eigenvalue weighted by Crippen LogP contribution is 2.33. The van der Waals surface area contributed by atoms with Crippen molar-refractivity contribution in [3.8, 4) is 11.8 Å². The Morgan fingerprint density at radius 1 is 1.50 bits per heavy atom. The largest absolute Gasteiger partial charge is 0.495 e. The zero-order valence-electron chi connectivity index (χ0n) is 11.1. The van der Waals surface area contributed by atoms with E-state index in [-0.39, 0.29) is 5.41 Å². The van der Waals surface area contributed by atoms with Crippen molar-refractivity contribution < 1.29 is 9.47 Å². The lowest BCUT2D eigenvalue weighted by Crippen LogP contribution is -2.49. The van der Waals surface area contributed by atoms with Crippen molar-refractivity contribution in [1.29, 1.82) is 5.26 Å². The Morgan fingerprint density at radius 3 is 2.72 bits per heavy atom. The van der Waals surface area contributed by atoms with Gasteiger partial charge in [-0.15, -0.1) is 0 Å². The van der Waals surface area contributed by atoms with Crippen LogP contribution in [-0.4, -0.2) is 33.9 Å². The van der Waals surface area contributed by atoms with E-state index < -0.39 is 0 Å². The minimum absolute atomic E-state index is 0.372. The Kier molecular flexibility index (Phi) is 3.44. The van der Waals surface area contributed by atoms with Crippen LogP contribution >= 0.6 is 0 Å². The van der Waals surface area contributed by atoms with Gasteiger partial charge < -0.3 is 14.4 Å². The molecule has 0 atom stereocenters. The van der Waals surface area contributed by atoms with Crippen molar-refractivity contribution in [2.75, 3.05) is 38.8 Å². The van der Waals surface area contributed by atoms with E-state index in [0.717, 1.165) is 11.4 Å². The summed E-state index contributed by atoms with van der Waals surface area (Å²) in [6.45, 7) is 3.73. The molecule has 1 aromatic carbocycles. The average Bonchev–Trinajstić information content (AvgIpc) is 2.33. The molecule has 0 radical (unpaired) electrons. The summed E-state index contributed by atoms with van der Waals surface area (Å²) >= 11 is 0. The second-order valence-electron chi connectivity index (χ2n) is 4.92. The fraction of sp³-hybridized carbons (Fsp3) is 0.500. The molecule has 0 spiro atoms. The topological polar surface area (TPSA) is 45.5 Å². The van der Waals surface area contributed by atoms with Crippen LogP contribution in [0.3, 0.4) is 0 Å². The van der Waals surface area contributed by atoms with Gasteiger partial charge >= 0.3 is 0 Å². The van der Waals surface area contributed by atoms with Crippen molar-refractivity contribution in [1.82, 2.24) is 0 Å². The number of ether oxygens (including phenoxy) is 2. The third-order valence-electron chi connectivity index (χ3n) is 3.28. The van der Waals surface area contributed by atoms with Crippen LogP contribution in [0.15, 0.2) is 18.2 Å². The molecule has 1 aliphatic rings. The van der Waals surface area contributed by atoms with E-state index in [1.807, 2.05) is 26.1 Å². The summed E-state index contributed by atoms with van der Waals surface area (Å²) in [7, 11) is 3.64. The van der Waals surface area contributed by atoms with Crippen molar-refractivity contribution in [2.45, 2.75) is 6.92 Å². The van der Waals surface area contributed by atoms with Crippen LogP contribution < -0.4 is 9.64 Å². The zero-order chi connectivity index (χ0) is 13.2. The molecule has 0 N–H and O–H groups in total. The van der Waals surface area contributed by atoms with Gasteiger partial charge in [0, 0.05) is 13.6 Å². The van der Waals surface area contributed by atoms with Gasteiger partial charge in [-0.2, -0.15) is 5.26 Å². The van der Waals surface area contributed by atoms with Crippen molar-refractivity contribution >= 4 is 5.69 Å². The number of benzene rings is 1. The van der Waals surface area contributed by atoms with E-state index in [4.69, 9.17) is 9.47 Å². The molecule has 1 heterocycles. The second kappa shape index (κ2) is 4.87. The summed E-state index contributed by atoms with van der Waals surface area (Å²) in [5, 5.41) is 9.23. The van der Waals surface area contributed by atoms with Crippen LogP contribution in [0, 0.1) is 23.7 Å². The molecular weight excluding hydrogens is 228 g/mol. The van der Waals surface area contributed by atoms with Crippen LogP contribution in [0.2, 0.25) is 0 Å². The van der Waals surface area contributed by atoms with Gasteiger partial charge in [0.2, 0.25) is 0 Å². The molecule has 4 nitrogen and oxygen atoms in total. The highest BCUT2D eigenvalue weighted by molar-refractivity contribution is 5.60. The first-order valence-electron chi connectivity index (χ1n) is 5.95. The number of methoxy groups -OCH3 is 1. The van der Waals surface area contributed by atoms with Gasteiger partial charge in [0.15, 0.2) is 0 Å². The van der Waals surface area contributed by atoms with Gasteiger partial charge in [0.05, 0.1) is 32.1 Å². The van der Waals surface area contributed by atoms with E-state index in [0.29, 0.717) is 19.8 Å². The molecule has 4 heteroatoms. The molecular formula is C14H18N2O2. The van der Waals surface area contributed by atoms with Crippen molar-refractivity contribution in [3.05, 3.63) is 23.8 Å². The first-order valence-corrected chi connectivity index (χ1v) is 5.95. The summed E-state index contributed by atoms with van der Waals surface area (Å²) in [5.41, 5.74) is 1.82. The molecule has 1 aromatic rings. The van der Waals surface area contributed by atoms with E-state index in [2.05, 4.69) is 17.0 Å². The van der Waals surface area contributed by atoms with Gasteiger partial charge in [-0.3, -0.25) is 0 Å². The Morgan fingerprint density at radius 2 is 2.22 bits per heavy atom. The van der Waals surface area contributed by atoms with Gasteiger partial charge in [-0.25, -0.2) is 0 Å². The molecule has 0 aliphatic carbocycles. The van der Waals surface area contributed by atoms with Crippen molar-refractivity contribution in [2.24, 2.45) is 5.41 Å². The number of anilines is 1. The number of aryl methyl sites for hydroxylation is 1. The van der Waals surface area contributed by atoms with Crippen LogP contribution in [0.4, 0.5) is 5.69 Å². The lowest BCUT2D eigenvalue weighted by atomic mass is 9.87. The van der Waals surface area contributed by atoms with E-state index >= 15 is 0 Å². The number of hydrogen-bond acceptors (Lipinski definition) is 4. The fourth-order valence-electron chi connectivity index (χ4n) is 2.18. The molecule has 1 fully saturated rings. The molecule has 0 unspecified atom stereocenters. The van der Waals surface area contributed by atoms with E-state index in [1.54, 1.807) is 7.11 Å². The van der Waals surface area contributed by atoms with Crippen LogP contribution in [0.25, 0.3) is 0 Å². The summed E-state index contributed by atoms with van der Waals surface area (Å²) in [6.07, 6.45) is 0. The maximum Gasteiger partial charge on any atom is 0.142 e. The minimum Gasteiger partial charge on any atom is -0.495 e. The molecule has 1 aliphatic heterocycles. The molecule has 0 bridgehead atoms. The summed E-state index contributed by atoms with van der Waals surface area (Å²) < 4.78 is 10.5. The zero-order valence-corrected chi connectivity index (χ0v) is 11.1. The Bertz CT molecular complexity index is 475. The SMILES string of the molecule is COc1ccc(C)cc1N(C)CC1(C#N)COC1. The maximum atomic E-state index is 9.23. The second-order valence-corrected chi connectivity index (χ2v) is 4.92. The predicted octanol–water partition coefficient (Wildman–Crippen LogP) is 1.98. The normalized spacial score (nSPS) is 16.6. The van der Waals surface area contributed by atoms with Gasteiger partial charge in [-0.1, -0.05) is 6.07 Å². The molecule has 2 rings (SSSR count). The molecule has 1 saturated heterocycles. The van der Waals surface area contributed by atoms with Crippen LogP contribution in [0.1, 0.15) is 5.56 Å². The number of nitrogens with zero attached hydrogens (tertiary/aromatic N) is 2. The lowest BCUT2D eigenvalue weighted by Gasteiger charge is -2.38. The van der Waals surface area contributed by atoms with Crippen LogP contribution in [0.5, 0.6) is 5.75 Å². The number of nitriles is 1. The highest BCUT2D eigenvalue weighted by atomic mass is 16.5. The van der Waals surface area contributed by atoms with E-state index in [1.165, 1.54) is 5.56 Å². The fourth-order valence-corrected chi connectivity index (χ4v) is 2.18. The molecule has 0 saturated carbocycles. The highest BCUT2D eigenvalue weighted by Gasteiger charge is 2.40. The summed E-state index contributed by atoms with van der Waals surface area (Å²) in [4.78, 5) is 2.07. The van der Waals surface area contributed by atoms with Gasteiger partial charge in [0.25, 0.3) is 0 Å². The Labute approximate surface area is 108 Å². The monoisotopic (exact) mass is 246 g/mol. The summed E-state index contributed by atoms with van der Waals surface area (Å²) in [5.74, 6) is 0.830. The number of rotatable bonds is 4. The quantitative estimate of drug-likeness (QED) is 0.815. The summed E-state index contributed by atoms with van der Waals surface area (Å²) in [6, 6.07) is 8.41. The minimum atomic E-state index is -0.372. The third kappa shape index (κ3) is 2.27. The molecule has 0 aromatic heterocycles. The van der Waals surface area contributed by atoms with Crippen molar-refractivity contribution in [3.63, 3.8) is 0 Å². The predicted molar refractivity (Wildman–Crippen MR) is 69.9 cm³/mol. The van der Waals surface area contributed by atoms with Gasteiger partial charge in [-0.05, 0) is 24.6 Å². The van der Waals surface area contributed by atoms with E-state index in [9.17, 15) is 5.26 Å². The average molecular weight is 246 g/mol. The first-order chi connectivity index (χ1) is 8.60.